The molecule has 0 spiro atoms. The molecule has 6 heavy (non-hydrogen) atoms. The number of allylic oxidation sites excluding steroid dienone is 2. The molecular weight excluding hydrogens is 74.1 g/mol. The maximum atomic E-state index is 3.02. The van der Waals surface area contributed by atoms with Gasteiger partial charge < -0.3 is 5.32 Å². The summed E-state index contributed by atoms with van der Waals surface area (Å²) in [6, 6.07) is 0. The van der Waals surface area contributed by atoms with Gasteiger partial charge in [-0.2, -0.15) is 0 Å². The monoisotopic (exact) mass is 82.1 g/mol. The molecule has 32 valence electrons. The van der Waals surface area contributed by atoms with E-state index in [-0.39, 0.29) is 1.43 Å². The second-order valence-electron chi connectivity index (χ2n) is 1.20. The van der Waals surface area contributed by atoms with E-state index >= 15 is 0 Å². The van der Waals surface area contributed by atoms with E-state index in [0.29, 0.717) is 0 Å². The molecular formula is C5H8N+. The zero-order chi connectivity index (χ0) is 4.24. The van der Waals surface area contributed by atoms with Crippen LogP contribution in [0.5, 0.6) is 0 Å². The highest BCUT2D eigenvalue weighted by molar-refractivity contribution is 5.06. The lowest BCUT2D eigenvalue weighted by molar-refractivity contribution is 0.972. The Bertz CT molecular complexity index is 74.1. The van der Waals surface area contributed by atoms with Crippen LogP contribution in [0.1, 0.15) is 1.43 Å². The molecule has 0 amide bonds. The summed E-state index contributed by atoms with van der Waals surface area (Å²) in [7, 11) is 0. The van der Waals surface area contributed by atoms with Crippen LogP contribution < -0.4 is 5.32 Å². The van der Waals surface area contributed by atoms with Gasteiger partial charge in [-0.1, -0.05) is 12.2 Å². The van der Waals surface area contributed by atoms with Crippen molar-refractivity contribution in [2.45, 2.75) is 0 Å². The van der Waals surface area contributed by atoms with E-state index < -0.39 is 0 Å². The van der Waals surface area contributed by atoms with Crippen molar-refractivity contribution in [2.75, 3.05) is 6.54 Å². The van der Waals surface area contributed by atoms with Gasteiger partial charge in [0, 0.05) is 6.54 Å². The van der Waals surface area contributed by atoms with Crippen molar-refractivity contribution in [1.29, 1.82) is 0 Å². The van der Waals surface area contributed by atoms with E-state index in [1.54, 1.807) is 0 Å². The first-order valence-electron chi connectivity index (χ1n) is 2.05. The van der Waals surface area contributed by atoms with Crippen LogP contribution >= 0.6 is 0 Å². The molecule has 1 heterocycles. The van der Waals surface area contributed by atoms with Crippen LogP contribution in [0.3, 0.4) is 0 Å². The Kier molecular flexibility index (Phi) is 0.955. The smallest absolute Gasteiger partial charge is 0.387 e. The van der Waals surface area contributed by atoms with Gasteiger partial charge in [0.25, 0.3) is 0 Å². The molecule has 1 aliphatic heterocycles. The summed E-state index contributed by atoms with van der Waals surface area (Å²) < 4.78 is 0. The number of nitrogens with one attached hydrogen (secondary N) is 1. The van der Waals surface area contributed by atoms with Gasteiger partial charge in [0.15, 0.2) is 0 Å². The Hall–Kier alpha value is -0.720. The van der Waals surface area contributed by atoms with Crippen LogP contribution in [0, 0.1) is 0 Å². The zero-order valence-corrected chi connectivity index (χ0v) is 3.52. The second kappa shape index (κ2) is 1.65. The highest BCUT2D eigenvalue weighted by atomic mass is 14.8. The standard InChI is InChI=1S/C5H7N/c1-2-4-6-5-3-1/h1-4,6H,5H2/p+1/i/hH. The summed E-state index contributed by atoms with van der Waals surface area (Å²) in [5, 5.41) is 3.02. The molecule has 0 radical (unpaired) electrons. The highest BCUT2D eigenvalue weighted by Crippen LogP contribution is 1.78. The molecule has 0 saturated carbocycles. The molecule has 0 atom stereocenters. The number of rotatable bonds is 0. The van der Waals surface area contributed by atoms with E-state index in [1.165, 1.54) is 0 Å². The van der Waals surface area contributed by atoms with Crippen LogP contribution in [-0.4, -0.2) is 6.54 Å². The maximum Gasteiger partial charge on any atom is 1.00 e. The van der Waals surface area contributed by atoms with Gasteiger partial charge >= 0.3 is 1.43 Å². The minimum absolute atomic E-state index is 0. The third-order valence-corrected chi connectivity index (χ3v) is 0.697. The summed E-state index contributed by atoms with van der Waals surface area (Å²) in [5.41, 5.74) is 0. The Morgan fingerprint density at radius 1 is 1.50 bits per heavy atom. The first kappa shape index (κ1) is 3.47. The maximum absolute atomic E-state index is 3.02. The molecule has 0 saturated heterocycles. The minimum atomic E-state index is 0. The molecule has 0 fully saturated rings. The fourth-order valence-corrected chi connectivity index (χ4v) is 0.406. The van der Waals surface area contributed by atoms with Gasteiger partial charge in [-0.3, -0.25) is 0 Å². The van der Waals surface area contributed by atoms with Crippen LogP contribution in [-0.2, 0) is 0 Å². The Labute approximate surface area is 38.8 Å². The van der Waals surface area contributed by atoms with Gasteiger partial charge in [0.2, 0.25) is 0 Å². The van der Waals surface area contributed by atoms with E-state index in [1.807, 2.05) is 18.4 Å². The fourth-order valence-electron chi connectivity index (χ4n) is 0.406. The van der Waals surface area contributed by atoms with Gasteiger partial charge in [-0.25, -0.2) is 0 Å². The zero-order valence-electron chi connectivity index (χ0n) is 4.52. The third kappa shape index (κ3) is 0.612. The average molecular weight is 82.1 g/mol. The first-order chi connectivity index (χ1) is 3.00. The molecule has 0 aliphatic carbocycles. The molecule has 1 heteroatoms. The van der Waals surface area contributed by atoms with E-state index in [9.17, 15) is 0 Å². The lowest BCUT2D eigenvalue weighted by atomic mass is 10.4. The van der Waals surface area contributed by atoms with Crippen molar-refractivity contribution in [3.8, 4) is 0 Å². The molecule has 1 N–H and O–H groups in total. The highest BCUT2D eigenvalue weighted by Gasteiger charge is 1.73. The van der Waals surface area contributed by atoms with Crippen molar-refractivity contribution in [3.63, 3.8) is 0 Å². The van der Waals surface area contributed by atoms with Gasteiger partial charge in [-0.15, -0.1) is 0 Å². The summed E-state index contributed by atoms with van der Waals surface area (Å²) in [6.07, 6.45) is 8.00. The fraction of sp³-hybridized carbons (Fsp3) is 0.200. The molecule has 0 bridgehead atoms. The predicted octanol–water partition coefficient (Wildman–Crippen LogP) is 0.772. The number of hydrogen-bond acceptors (Lipinski definition) is 1. The van der Waals surface area contributed by atoms with Gasteiger partial charge in [0.05, 0.1) is 0 Å². The minimum Gasteiger partial charge on any atom is -0.387 e. The normalized spacial score (nSPS) is 17.3. The summed E-state index contributed by atoms with van der Waals surface area (Å²) in [4.78, 5) is 0. The topological polar surface area (TPSA) is 12.0 Å². The van der Waals surface area contributed by atoms with Crippen LogP contribution in [0.2, 0.25) is 0 Å². The summed E-state index contributed by atoms with van der Waals surface area (Å²) in [6.45, 7) is 0.983. The second-order valence-corrected chi connectivity index (χ2v) is 1.20. The lowest BCUT2D eigenvalue weighted by Crippen LogP contribution is -2.05. The molecule has 0 unspecified atom stereocenters. The van der Waals surface area contributed by atoms with E-state index in [0.717, 1.165) is 6.54 Å². The van der Waals surface area contributed by atoms with Crippen LogP contribution in [0.4, 0.5) is 0 Å². The largest absolute Gasteiger partial charge is 1.00 e. The lowest BCUT2D eigenvalue weighted by Gasteiger charge is -1.94. The van der Waals surface area contributed by atoms with Crippen molar-refractivity contribution in [1.82, 2.24) is 5.32 Å². The Morgan fingerprint density at radius 3 is 2.67 bits per heavy atom. The van der Waals surface area contributed by atoms with Crippen molar-refractivity contribution in [3.05, 3.63) is 24.4 Å². The average Bonchev–Trinajstić information content (AvgIpc) is 1.72. The van der Waals surface area contributed by atoms with Crippen LogP contribution in [0.15, 0.2) is 24.4 Å². The Balaban J connectivity index is 0.000000360. The molecule has 0 aromatic rings. The molecule has 0 aromatic carbocycles. The molecule has 1 aliphatic rings. The van der Waals surface area contributed by atoms with Gasteiger partial charge in [-0.05, 0) is 12.3 Å². The molecule has 1 rings (SSSR count). The molecule has 0 aromatic heterocycles. The predicted molar refractivity (Wildman–Crippen MR) is 27.4 cm³/mol. The number of hydrogen-bond donors (Lipinski definition) is 1. The number of dihydropyridines is 1. The summed E-state index contributed by atoms with van der Waals surface area (Å²) >= 11 is 0. The van der Waals surface area contributed by atoms with E-state index in [2.05, 4.69) is 11.4 Å². The SMILES string of the molecule is C1=CCNC=C1.[1H+]. The van der Waals surface area contributed by atoms with Crippen molar-refractivity contribution >= 4 is 0 Å². The van der Waals surface area contributed by atoms with Crippen molar-refractivity contribution < 1.29 is 1.43 Å². The Morgan fingerprint density at radius 2 is 2.50 bits per heavy atom. The van der Waals surface area contributed by atoms with Crippen LogP contribution in [0.25, 0.3) is 0 Å². The third-order valence-electron chi connectivity index (χ3n) is 0.697. The molecule has 1 nitrogen and oxygen atoms in total. The quantitative estimate of drug-likeness (QED) is 0.455. The van der Waals surface area contributed by atoms with Crippen molar-refractivity contribution in [2.24, 2.45) is 0 Å². The van der Waals surface area contributed by atoms with E-state index in [4.69, 9.17) is 0 Å². The summed E-state index contributed by atoms with van der Waals surface area (Å²) in [5.74, 6) is 0. The van der Waals surface area contributed by atoms with Gasteiger partial charge in [0.1, 0.15) is 0 Å². The first-order valence-corrected chi connectivity index (χ1v) is 2.05.